The van der Waals surface area contributed by atoms with Gasteiger partial charge in [0.25, 0.3) is 5.91 Å². The highest BCUT2D eigenvalue weighted by Crippen LogP contribution is 2.35. The molecule has 0 aliphatic carbocycles. The van der Waals surface area contributed by atoms with E-state index in [9.17, 15) is 18.0 Å². The molecule has 11 heteroatoms. The van der Waals surface area contributed by atoms with Gasteiger partial charge in [-0.25, -0.2) is 9.50 Å². The molecule has 0 bridgehead atoms. The first-order valence-electron chi connectivity index (χ1n) is 9.84. The smallest absolute Gasteiger partial charge is 0.433 e. The Labute approximate surface area is 190 Å². The maximum atomic E-state index is 13.8. The number of aromatic nitrogens is 3. The number of aryl methyl sites for hydroxylation is 1. The summed E-state index contributed by atoms with van der Waals surface area (Å²) in [5.41, 5.74) is -0.883. The van der Waals surface area contributed by atoms with E-state index >= 15 is 0 Å². The fourth-order valence-corrected chi connectivity index (χ4v) is 4.13. The molecule has 33 heavy (non-hydrogen) atoms. The monoisotopic (exact) mass is 476 g/mol. The Balaban J connectivity index is 1.76. The number of nitrogens with one attached hydrogen (secondary N) is 1. The minimum Gasteiger partial charge on any atom is -0.497 e. The lowest BCUT2D eigenvalue weighted by atomic mass is 10.2. The molecule has 0 saturated heterocycles. The number of amides is 1. The van der Waals surface area contributed by atoms with Crippen LogP contribution in [0, 0.1) is 0 Å². The summed E-state index contributed by atoms with van der Waals surface area (Å²) in [5.74, 6) is 0.106. The van der Waals surface area contributed by atoms with Crippen molar-refractivity contribution < 1.29 is 27.4 Å². The number of halogens is 3. The van der Waals surface area contributed by atoms with Gasteiger partial charge in [0.05, 0.1) is 30.5 Å². The topological polar surface area (TPSA) is 77.8 Å². The fraction of sp³-hybridized carbons (Fsp3) is 0.227. The first-order valence-corrected chi connectivity index (χ1v) is 10.7. The number of benzene rings is 1. The molecule has 0 aliphatic heterocycles. The zero-order valence-electron chi connectivity index (χ0n) is 17.9. The van der Waals surface area contributed by atoms with Crippen LogP contribution < -0.4 is 14.8 Å². The zero-order valence-corrected chi connectivity index (χ0v) is 18.7. The Morgan fingerprint density at radius 1 is 1.12 bits per heavy atom. The minimum absolute atomic E-state index is 0.0889. The van der Waals surface area contributed by atoms with Gasteiger partial charge in [-0.2, -0.15) is 18.3 Å². The van der Waals surface area contributed by atoms with Crippen LogP contribution in [0.15, 0.2) is 42.5 Å². The lowest BCUT2D eigenvalue weighted by molar-refractivity contribution is -0.142. The second-order valence-corrected chi connectivity index (χ2v) is 8.13. The molecular formula is C22H19F3N4O3S. The fourth-order valence-electron chi connectivity index (χ4n) is 3.22. The standard InChI is InChI=1S/C22H19F3N4O3S/c1-4-13-6-8-18(33-13)15-10-19(22(23,24)25)29-20(26-15)11-16(28-29)21(30)27-14-9-12(31-2)5-7-17(14)32-3/h5-11H,4H2,1-3H3,(H,27,30). The minimum atomic E-state index is -4.70. The Morgan fingerprint density at radius 3 is 2.55 bits per heavy atom. The molecular weight excluding hydrogens is 457 g/mol. The van der Waals surface area contributed by atoms with E-state index in [1.165, 1.54) is 37.7 Å². The van der Waals surface area contributed by atoms with E-state index in [0.29, 0.717) is 20.9 Å². The zero-order chi connectivity index (χ0) is 23.8. The molecule has 1 N–H and O–H groups in total. The van der Waals surface area contributed by atoms with Gasteiger partial charge in [0, 0.05) is 17.0 Å². The highest BCUT2D eigenvalue weighted by molar-refractivity contribution is 7.15. The third-order valence-corrected chi connectivity index (χ3v) is 6.12. The Bertz CT molecular complexity index is 1330. The summed E-state index contributed by atoms with van der Waals surface area (Å²) < 4.78 is 52.4. The SMILES string of the molecule is CCc1ccc(-c2cc(C(F)(F)F)n3nc(C(=O)Nc4cc(OC)ccc4OC)cc3n2)s1. The van der Waals surface area contributed by atoms with Gasteiger partial charge in [-0.15, -0.1) is 11.3 Å². The summed E-state index contributed by atoms with van der Waals surface area (Å²) in [4.78, 5) is 18.8. The Kier molecular flexibility index (Phi) is 5.98. The van der Waals surface area contributed by atoms with Gasteiger partial charge in [0.2, 0.25) is 0 Å². The van der Waals surface area contributed by atoms with E-state index in [0.717, 1.165) is 17.4 Å². The van der Waals surface area contributed by atoms with Crippen LogP contribution in [0.2, 0.25) is 0 Å². The number of thiophene rings is 1. The molecule has 0 radical (unpaired) electrons. The van der Waals surface area contributed by atoms with E-state index in [-0.39, 0.29) is 22.7 Å². The van der Waals surface area contributed by atoms with Crippen molar-refractivity contribution in [2.75, 3.05) is 19.5 Å². The number of methoxy groups -OCH3 is 2. The van der Waals surface area contributed by atoms with Crippen molar-refractivity contribution in [1.29, 1.82) is 0 Å². The molecule has 4 aromatic rings. The van der Waals surface area contributed by atoms with Crippen LogP contribution in [-0.2, 0) is 12.6 Å². The highest BCUT2D eigenvalue weighted by Gasteiger charge is 2.36. The molecule has 0 aliphatic rings. The van der Waals surface area contributed by atoms with Crippen LogP contribution in [0.1, 0.15) is 28.0 Å². The molecule has 0 fully saturated rings. The van der Waals surface area contributed by atoms with Crippen molar-refractivity contribution in [2.45, 2.75) is 19.5 Å². The lowest BCUT2D eigenvalue weighted by Gasteiger charge is -2.11. The number of anilines is 1. The number of alkyl halides is 3. The third kappa shape index (κ3) is 4.49. The third-order valence-electron chi connectivity index (χ3n) is 4.87. The summed E-state index contributed by atoms with van der Waals surface area (Å²) in [6.07, 6.45) is -3.93. The van der Waals surface area contributed by atoms with Crippen molar-refractivity contribution in [3.63, 3.8) is 0 Å². The van der Waals surface area contributed by atoms with Crippen molar-refractivity contribution in [3.05, 3.63) is 58.7 Å². The van der Waals surface area contributed by atoms with Crippen LogP contribution in [0.25, 0.3) is 16.2 Å². The second-order valence-electron chi connectivity index (χ2n) is 6.96. The van der Waals surface area contributed by atoms with E-state index in [1.807, 2.05) is 13.0 Å². The molecule has 1 amide bonds. The molecule has 7 nitrogen and oxygen atoms in total. The molecule has 4 rings (SSSR count). The van der Waals surface area contributed by atoms with Crippen molar-refractivity contribution >= 4 is 28.6 Å². The van der Waals surface area contributed by atoms with Gasteiger partial charge >= 0.3 is 6.18 Å². The van der Waals surface area contributed by atoms with Crippen LogP contribution in [0.5, 0.6) is 11.5 Å². The van der Waals surface area contributed by atoms with E-state index in [1.54, 1.807) is 18.2 Å². The molecule has 1 aromatic carbocycles. The van der Waals surface area contributed by atoms with Crippen LogP contribution in [-0.4, -0.2) is 34.7 Å². The number of hydrogen-bond acceptors (Lipinski definition) is 6. The lowest BCUT2D eigenvalue weighted by Crippen LogP contribution is -2.16. The van der Waals surface area contributed by atoms with E-state index < -0.39 is 17.8 Å². The summed E-state index contributed by atoms with van der Waals surface area (Å²) >= 11 is 1.37. The van der Waals surface area contributed by atoms with Gasteiger partial charge in [0.15, 0.2) is 17.0 Å². The maximum Gasteiger partial charge on any atom is 0.433 e. The number of nitrogens with zero attached hydrogens (tertiary/aromatic N) is 3. The Morgan fingerprint density at radius 2 is 1.91 bits per heavy atom. The molecule has 0 spiro atoms. The summed E-state index contributed by atoms with van der Waals surface area (Å²) in [7, 11) is 2.90. The average Bonchev–Trinajstić information content (AvgIpc) is 3.44. The first kappa shape index (κ1) is 22.6. The second kappa shape index (κ2) is 8.74. The van der Waals surface area contributed by atoms with Crippen molar-refractivity contribution in [3.8, 4) is 22.1 Å². The van der Waals surface area contributed by atoms with Crippen molar-refractivity contribution in [1.82, 2.24) is 14.6 Å². The largest absolute Gasteiger partial charge is 0.497 e. The Hall–Kier alpha value is -3.60. The molecule has 172 valence electrons. The molecule has 3 heterocycles. The number of fused-ring (bicyclic) bond motifs is 1. The quantitative estimate of drug-likeness (QED) is 0.408. The molecule has 0 atom stereocenters. The van der Waals surface area contributed by atoms with Crippen LogP contribution in [0.3, 0.4) is 0 Å². The molecule has 0 saturated carbocycles. The van der Waals surface area contributed by atoms with Gasteiger partial charge in [-0.1, -0.05) is 6.92 Å². The normalized spacial score (nSPS) is 11.6. The number of rotatable bonds is 6. The maximum absolute atomic E-state index is 13.8. The van der Waals surface area contributed by atoms with Gasteiger partial charge in [-0.3, -0.25) is 4.79 Å². The van der Waals surface area contributed by atoms with Crippen LogP contribution >= 0.6 is 11.3 Å². The van der Waals surface area contributed by atoms with Gasteiger partial charge in [0.1, 0.15) is 11.5 Å². The first-order chi connectivity index (χ1) is 15.7. The van der Waals surface area contributed by atoms with E-state index in [2.05, 4.69) is 15.4 Å². The van der Waals surface area contributed by atoms with Gasteiger partial charge < -0.3 is 14.8 Å². The summed E-state index contributed by atoms with van der Waals surface area (Å²) in [6.45, 7) is 1.96. The summed E-state index contributed by atoms with van der Waals surface area (Å²) in [5, 5.41) is 6.49. The number of carbonyl (C=O) groups excluding carboxylic acids is 1. The predicted molar refractivity (Wildman–Crippen MR) is 118 cm³/mol. The van der Waals surface area contributed by atoms with Gasteiger partial charge in [-0.05, 0) is 36.8 Å². The molecule has 0 unspecified atom stereocenters. The number of carbonyl (C=O) groups is 1. The summed E-state index contributed by atoms with van der Waals surface area (Å²) in [6, 6.07) is 10.5. The van der Waals surface area contributed by atoms with Crippen LogP contribution in [0.4, 0.5) is 18.9 Å². The molecule has 3 aromatic heterocycles. The number of ether oxygens (including phenoxy) is 2. The van der Waals surface area contributed by atoms with E-state index in [4.69, 9.17) is 9.47 Å². The predicted octanol–water partition coefficient (Wildman–Crippen LogP) is 5.31. The average molecular weight is 476 g/mol. The van der Waals surface area contributed by atoms with Crippen molar-refractivity contribution in [2.24, 2.45) is 0 Å². The highest BCUT2D eigenvalue weighted by atomic mass is 32.1. The number of hydrogen-bond donors (Lipinski definition) is 1.